The molecule has 7 nitrogen and oxygen atoms in total. The summed E-state index contributed by atoms with van der Waals surface area (Å²) >= 11 is 7.05. The minimum Gasteiger partial charge on any atom is -0.462 e. The molecule has 2 aromatic carbocycles. The Hall–Kier alpha value is -2.49. The Balaban J connectivity index is 1.84. The molecule has 0 unspecified atom stereocenters. The predicted molar refractivity (Wildman–Crippen MR) is 120 cm³/mol. The van der Waals surface area contributed by atoms with E-state index in [0.717, 1.165) is 10.2 Å². The van der Waals surface area contributed by atoms with E-state index < -0.39 is 21.7 Å². The zero-order valence-electron chi connectivity index (χ0n) is 17.0. The quantitative estimate of drug-likeness (QED) is 0.479. The number of halogens is 1. The summed E-state index contributed by atoms with van der Waals surface area (Å²) in [5.41, 5.74) is 1.26. The number of hydrogen-bond donors (Lipinski definition) is 0. The van der Waals surface area contributed by atoms with Crippen molar-refractivity contribution in [1.29, 1.82) is 0 Å². The number of nitrogens with zero attached hydrogens (tertiary/aromatic N) is 2. The van der Waals surface area contributed by atoms with Crippen LogP contribution in [-0.4, -0.2) is 37.2 Å². The summed E-state index contributed by atoms with van der Waals surface area (Å²) in [6, 6.07) is 11.0. The first-order valence-corrected chi connectivity index (χ1v) is 12.5. The van der Waals surface area contributed by atoms with E-state index >= 15 is 0 Å². The Bertz CT molecular complexity index is 1290. The maximum Gasteiger partial charge on any atom is 0.338 e. The van der Waals surface area contributed by atoms with Crippen LogP contribution in [0.3, 0.4) is 0 Å². The number of carbonyl (C=O) groups excluding carboxylic acids is 2. The zero-order chi connectivity index (χ0) is 22.6. The molecular weight excluding hydrogens is 460 g/mol. The molecule has 31 heavy (non-hydrogen) atoms. The molecule has 0 fully saturated rings. The molecular formula is C21H21ClN2O5S2. The molecule has 0 spiro atoms. The summed E-state index contributed by atoms with van der Waals surface area (Å²) < 4.78 is 32.5. The Morgan fingerprint density at radius 3 is 2.48 bits per heavy atom. The van der Waals surface area contributed by atoms with Crippen LogP contribution in [0.2, 0.25) is 5.02 Å². The molecule has 0 radical (unpaired) electrons. The molecule has 0 saturated heterocycles. The largest absolute Gasteiger partial charge is 0.462 e. The summed E-state index contributed by atoms with van der Waals surface area (Å²) in [6.45, 7) is 4.50. The van der Waals surface area contributed by atoms with Crippen LogP contribution in [-0.2, 0) is 25.9 Å². The van der Waals surface area contributed by atoms with Gasteiger partial charge in [0.15, 0.2) is 14.6 Å². The van der Waals surface area contributed by atoms with Crippen molar-refractivity contribution in [3.05, 3.63) is 57.9 Å². The van der Waals surface area contributed by atoms with E-state index in [1.165, 1.54) is 35.6 Å². The lowest BCUT2D eigenvalue weighted by atomic mass is 10.2. The van der Waals surface area contributed by atoms with Crippen molar-refractivity contribution in [3.8, 4) is 0 Å². The number of fused-ring (bicyclic) bond motifs is 1. The minimum absolute atomic E-state index is 0.113. The number of benzene rings is 2. The summed E-state index contributed by atoms with van der Waals surface area (Å²) in [4.78, 5) is 29.1. The van der Waals surface area contributed by atoms with Crippen LogP contribution in [0.25, 0.3) is 10.2 Å². The fraction of sp³-hybridized carbons (Fsp3) is 0.286. The maximum absolute atomic E-state index is 12.4. The first kappa shape index (κ1) is 23.2. The van der Waals surface area contributed by atoms with Gasteiger partial charge in [-0.3, -0.25) is 4.79 Å². The Labute approximate surface area is 188 Å². The third-order valence-electron chi connectivity index (χ3n) is 4.49. The van der Waals surface area contributed by atoms with Gasteiger partial charge in [0.2, 0.25) is 5.91 Å². The second-order valence-corrected chi connectivity index (χ2v) is 10.1. The smallest absolute Gasteiger partial charge is 0.338 e. The molecule has 0 aliphatic heterocycles. The van der Waals surface area contributed by atoms with Crippen LogP contribution >= 0.6 is 22.9 Å². The lowest BCUT2D eigenvalue weighted by Gasteiger charge is -2.04. The topological polar surface area (TPSA) is 94.8 Å². The number of sulfone groups is 1. The number of aryl methyl sites for hydroxylation is 1. The number of esters is 1. The number of amides is 1. The van der Waals surface area contributed by atoms with Gasteiger partial charge in [0.05, 0.1) is 33.0 Å². The molecule has 3 rings (SSSR count). The predicted octanol–water partition coefficient (Wildman–Crippen LogP) is 3.84. The van der Waals surface area contributed by atoms with Crippen molar-refractivity contribution in [3.63, 3.8) is 0 Å². The molecule has 0 aliphatic carbocycles. The minimum atomic E-state index is -3.62. The van der Waals surface area contributed by atoms with Crippen LogP contribution in [0.4, 0.5) is 0 Å². The zero-order valence-corrected chi connectivity index (χ0v) is 19.4. The molecule has 10 heteroatoms. The van der Waals surface area contributed by atoms with Crippen LogP contribution in [0.1, 0.15) is 30.6 Å². The Kier molecular flexibility index (Phi) is 7.30. The van der Waals surface area contributed by atoms with Crippen molar-refractivity contribution in [1.82, 2.24) is 4.57 Å². The van der Waals surface area contributed by atoms with Crippen molar-refractivity contribution in [2.24, 2.45) is 4.99 Å². The molecule has 0 aliphatic rings. The van der Waals surface area contributed by atoms with E-state index in [-0.39, 0.29) is 23.7 Å². The molecule has 0 atom stereocenters. The highest BCUT2D eigenvalue weighted by Crippen LogP contribution is 2.20. The second kappa shape index (κ2) is 9.76. The highest BCUT2D eigenvalue weighted by Gasteiger charge is 2.17. The van der Waals surface area contributed by atoms with Gasteiger partial charge in [0, 0.05) is 18.0 Å². The van der Waals surface area contributed by atoms with Gasteiger partial charge < -0.3 is 9.30 Å². The van der Waals surface area contributed by atoms with Gasteiger partial charge >= 0.3 is 5.97 Å². The van der Waals surface area contributed by atoms with Gasteiger partial charge in [0.1, 0.15) is 0 Å². The number of aromatic nitrogens is 1. The van der Waals surface area contributed by atoms with Gasteiger partial charge in [0.25, 0.3) is 0 Å². The van der Waals surface area contributed by atoms with E-state index in [2.05, 4.69) is 4.99 Å². The fourth-order valence-electron chi connectivity index (χ4n) is 2.95. The first-order valence-electron chi connectivity index (χ1n) is 9.61. The van der Waals surface area contributed by atoms with E-state index in [1.807, 2.05) is 11.5 Å². The van der Waals surface area contributed by atoms with Crippen molar-refractivity contribution >= 4 is 54.9 Å². The Morgan fingerprint density at radius 1 is 1.13 bits per heavy atom. The van der Waals surface area contributed by atoms with Gasteiger partial charge in [-0.25, -0.2) is 13.2 Å². The normalized spacial score (nSPS) is 12.3. The lowest BCUT2D eigenvalue weighted by Crippen LogP contribution is -2.17. The monoisotopic (exact) mass is 480 g/mol. The van der Waals surface area contributed by atoms with Crippen LogP contribution < -0.4 is 4.80 Å². The van der Waals surface area contributed by atoms with Crippen LogP contribution in [0.15, 0.2) is 52.4 Å². The second-order valence-electron chi connectivity index (χ2n) is 6.56. The molecule has 0 N–H and O–H groups in total. The standard InChI is InChI=1S/C21H21ClN2O5S2/c1-3-24-17-10-5-14(20(26)29-4-2)13-18(17)30-21(24)23-19(25)11-12-31(27,28)16-8-6-15(22)7-9-16/h5-10,13H,3-4,11-12H2,1-2H3. The number of carbonyl (C=O) groups is 2. The van der Waals surface area contributed by atoms with Gasteiger partial charge in [-0.1, -0.05) is 22.9 Å². The third-order valence-corrected chi connectivity index (χ3v) is 7.51. The first-order chi connectivity index (χ1) is 14.7. The SMILES string of the molecule is CCOC(=O)c1ccc2c(c1)sc(=NC(=O)CCS(=O)(=O)c1ccc(Cl)cc1)n2CC. The number of rotatable bonds is 7. The van der Waals surface area contributed by atoms with E-state index in [4.69, 9.17) is 16.3 Å². The summed E-state index contributed by atoms with van der Waals surface area (Å²) in [6.07, 6.45) is -0.239. The average Bonchev–Trinajstić information content (AvgIpc) is 3.08. The summed E-state index contributed by atoms with van der Waals surface area (Å²) in [5.74, 6) is -1.29. The van der Waals surface area contributed by atoms with Crippen molar-refractivity contribution in [2.45, 2.75) is 31.7 Å². The average molecular weight is 481 g/mol. The highest BCUT2D eigenvalue weighted by atomic mass is 35.5. The summed E-state index contributed by atoms with van der Waals surface area (Å²) in [5, 5.41) is 0.435. The maximum atomic E-state index is 12.4. The molecule has 0 bridgehead atoms. The van der Waals surface area contributed by atoms with Gasteiger partial charge in [-0.15, -0.1) is 0 Å². The molecule has 3 aromatic rings. The Morgan fingerprint density at radius 2 is 1.84 bits per heavy atom. The molecule has 0 saturated carbocycles. The fourth-order valence-corrected chi connectivity index (χ4v) is 5.46. The van der Waals surface area contributed by atoms with Crippen LogP contribution in [0.5, 0.6) is 0 Å². The number of ether oxygens (including phenoxy) is 1. The van der Waals surface area contributed by atoms with E-state index in [0.29, 0.717) is 21.9 Å². The number of thiazole rings is 1. The van der Waals surface area contributed by atoms with Crippen molar-refractivity contribution < 1.29 is 22.7 Å². The van der Waals surface area contributed by atoms with Gasteiger partial charge in [-0.2, -0.15) is 4.99 Å². The molecule has 1 heterocycles. The van der Waals surface area contributed by atoms with Crippen molar-refractivity contribution in [2.75, 3.05) is 12.4 Å². The summed E-state index contributed by atoms with van der Waals surface area (Å²) in [7, 11) is -3.62. The number of hydrogen-bond acceptors (Lipinski definition) is 6. The van der Waals surface area contributed by atoms with Crippen LogP contribution in [0, 0.1) is 0 Å². The third kappa shape index (κ3) is 5.41. The van der Waals surface area contributed by atoms with Gasteiger partial charge in [-0.05, 0) is 56.3 Å². The molecule has 1 aromatic heterocycles. The van der Waals surface area contributed by atoms with E-state index in [9.17, 15) is 18.0 Å². The van der Waals surface area contributed by atoms with E-state index in [1.54, 1.807) is 25.1 Å². The molecule has 164 valence electrons. The lowest BCUT2D eigenvalue weighted by molar-refractivity contribution is -0.117. The highest BCUT2D eigenvalue weighted by molar-refractivity contribution is 7.91. The molecule has 1 amide bonds.